The van der Waals surface area contributed by atoms with Crippen molar-refractivity contribution in [2.45, 2.75) is 46.2 Å². The van der Waals surface area contributed by atoms with Crippen molar-refractivity contribution in [1.29, 1.82) is 5.41 Å². The Kier molecular flexibility index (Phi) is 17.9. The molecule has 42 heavy (non-hydrogen) atoms. The molecule has 4 unspecified atom stereocenters. The van der Waals surface area contributed by atoms with Gasteiger partial charge in [-0.3, -0.25) is 29.5 Å². The summed E-state index contributed by atoms with van der Waals surface area (Å²) in [6, 6.07) is 20.5. The molecule has 10 nitrogen and oxygen atoms in total. The van der Waals surface area contributed by atoms with E-state index in [4.69, 9.17) is 15.9 Å². The van der Waals surface area contributed by atoms with Gasteiger partial charge in [0.15, 0.2) is 11.6 Å². The van der Waals surface area contributed by atoms with Crippen LogP contribution in [0.4, 0.5) is 0 Å². The van der Waals surface area contributed by atoms with Gasteiger partial charge in [-0.25, -0.2) is 0 Å². The molecular formula is C32H46N4O6. The van der Waals surface area contributed by atoms with Crippen molar-refractivity contribution in [2.24, 2.45) is 22.8 Å². The zero-order valence-electron chi connectivity index (χ0n) is 25.5. The lowest BCUT2D eigenvalue weighted by molar-refractivity contribution is -0.161. The van der Waals surface area contributed by atoms with Crippen LogP contribution in [0.25, 0.3) is 0 Å². The monoisotopic (exact) mass is 582 g/mol. The van der Waals surface area contributed by atoms with Gasteiger partial charge in [-0.2, -0.15) is 0 Å². The smallest absolute Gasteiger partial charge is 0.320 e. The van der Waals surface area contributed by atoms with Crippen LogP contribution in [0.1, 0.15) is 57.3 Å². The van der Waals surface area contributed by atoms with E-state index in [1.807, 2.05) is 55.5 Å². The molecule has 0 radical (unpaired) electrons. The zero-order valence-corrected chi connectivity index (χ0v) is 25.5. The van der Waals surface area contributed by atoms with E-state index in [1.54, 1.807) is 6.92 Å². The molecule has 230 valence electrons. The molecule has 1 saturated heterocycles. The van der Waals surface area contributed by atoms with E-state index in [9.17, 15) is 19.2 Å². The van der Waals surface area contributed by atoms with Crippen molar-refractivity contribution in [3.63, 3.8) is 0 Å². The van der Waals surface area contributed by atoms with E-state index in [-0.39, 0.29) is 23.7 Å². The van der Waals surface area contributed by atoms with Crippen molar-refractivity contribution in [2.75, 3.05) is 27.3 Å². The highest BCUT2D eigenvalue weighted by molar-refractivity contribution is 6.04. The van der Waals surface area contributed by atoms with Gasteiger partial charge in [-0.1, -0.05) is 67.2 Å². The van der Waals surface area contributed by atoms with Crippen molar-refractivity contribution in [3.05, 3.63) is 84.4 Å². The standard InChI is InChI=1S/C16H21NO3.C8H11N.C7H10O3.CH4N2/c1-12(13-7-5-4-6-8-13)17-10-9-14(18)16(2,11-17)15(19)20-3;1-7(9)8-5-3-2-4-6-8;1-4-6(8)5(2)7(9)10-3;2-1-3/h4-8,12H,9-11H2,1-3H3;2-7H,9H2,1H3;4-5H,1H2,2-3H3;1H,(H3,2,3). The van der Waals surface area contributed by atoms with Gasteiger partial charge >= 0.3 is 11.9 Å². The van der Waals surface area contributed by atoms with Gasteiger partial charge in [-0.05, 0) is 44.9 Å². The van der Waals surface area contributed by atoms with Crippen LogP contribution in [-0.4, -0.2) is 62.1 Å². The van der Waals surface area contributed by atoms with Crippen LogP contribution in [-0.2, 0) is 28.7 Å². The Hall–Kier alpha value is -4.15. The molecule has 2 aromatic carbocycles. The number of carbonyl (C=O) groups is 4. The second-order valence-corrected chi connectivity index (χ2v) is 9.77. The van der Waals surface area contributed by atoms with Crippen LogP contribution in [0.5, 0.6) is 0 Å². The number of ketones is 2. The second-order valence-electron chi connectivity index (χ2n) is 9.77. The van der Waals surface area contributed by atoms with Gasteiger partial charge in [0.05, 0.1) is 20.6 Å². The largest absolute Gasteiger partial charge is 0.468 e. The fourth-order valence-electron chi connectivity index (χ4n) is 4.00. The SMILES string of the molecule is C=CC(=O)C(C)C(=O)OC.CC(N)c1ccccc1.COC(=O)C1(C)CN(C(C)c2ccccc2)CCC1=O.N=CN. The number of benzene rings is 2. The van der Waals surface area contributed by atoms with Crippen LogP contribution in [0.15, 0.2) is 73.3 Å². The minimum atomic E-state index is -1.05. The molecule has 0 saturated carbocycles. The highest BCUT2D eigenvalue weighted by atomic mass is 16.5. The quantitative estimate of drug-likeness (QED) is 0.144. The average Bonchev–Trinajstić information content (AvgIpc) is 3.02. The lowest BCUT2D eigenvalue weighted by Crippen LogP contribution is -2.52. The molecule has 3 rings (SSSR count). The Labute approximate surface area is 249 Å². The summed E-state index contributed by atoms with van der Waals surface area (Å²) >= 11 is 0. The third-order valence-electron chi connectivity index (χ3n) is 6.73. The van der Waals surface area contributed by atoms with Gasteiger partial charge < -0.3 is 20.9 Å². The Morgan fingerprint density at radius 3 is 1.83 bits per heavy atom. The van der Waals surface area contributed by atoms with Crippen molar-refractivity contribution in [3.8, 4) is 0 Å². The maximum Gasteiger partial charge on any atom is 0.320 e. The van der Waals surface area contributed by atoms with Gasteiger partial charge in [-0.15, -0.1) is 0 Å². The minimum Gasteiger partial charge on any atom is -0.468 e. The first kappa shape index (κ1) is 37.9. The molecule has 10 heteroatoms. The topological polar surface area (TPSA) is 166 Å². The maximum absolute atomic E-state index is 12.1. The lowest BCUT2D eigenvalue weighted by atomic mass is 9.80. The molecule has 1 heterocycles. The molecule has 4 atom stereocenters. The molecule has 1 aliphatic rings. The van der Waals surface area contributed by atoms with Crippen molar-refractivity contribution in [1.82, 2.24) is 4.90 Å². The Morgan fingerprint density at radius 1 is 0.976 bits per heavy atom. The summed E-state index contributed by atoms with van der Waals surface area (Å²) in [5.41, 5.74) is 11.3. The zero-order chi connectivity index (χ0) is 32.3. The average molecular weight is 583 g/mol. The Balaban J connectivity index is 0.000000640. The van der Waals surface area contributed by atoms with Crippen LogP contribution >= 0.6 is 0 Å². The number of nitrogens with zero attached hydrogens (tertiary/aromatic N) is 1. The van der Waals surface area contributed by atoms with Gasteiger partial charge in [0, 0.05) is 31.6 Å². The fourth-order valence-corrected chi connectivity index (χ4v) is 4.00. The summed E-state index contributed by atoms with van der Waals surface area (Å²) in [6.07, 6.45) is 2.25. The van der Waals surface area contributed by atoms with Crippen molar-refractivity contribution >= 4 is 29.8 Å². The number of methoxy groups -OCH3 is 2. The van der Waals surface area contributed by atoms with Crippen molar-refractivity contribution < 1.29 is 28.7 Å². The number of carbonyl (C=O) groups excluding carboxylic acids is 4. The maximum atomic E-state index is 12.1. The van der Waals surface area contributed by atoms with E-state index in [1.165, 1.54) is 32.3 Å². The highest BCUT2D eigenvalue weighted by Gasteiger charge is 2.46. The number of hydrogen-bond acceptors (Lipinski definition) is 9. The Morgan fingerprint density at radius 2 is 1.45 bits per heavy atom. The third kappa shape index (κ3) is 12.2. The Bertz CT molecular complexity index is 1130. The van der Waals surface area contributed by atoms with E-state index in [0.717, 1.165) is 12.4 Å². The number of nitrogens with two attached hydrogens (primary N) is 2. The molecule has 1 fully saturated rings. The molecule has 1 aliphatic heterocycles. The van der Waals surface area contributed by atoms with Crippen LogP contribution < -0.4 is 11.5 Å². The molecule has 0 aromatic heterocycles. The van der Waals surface area contributed by atoms with Gasteiger partial charge in [0.2, 0.25) is 0 Å². The predicted molar refractivity (Wildman–Crippen MR) is 165 cm³/mol. The number of allylic oxidation sites excluding steroid dienone is 1. The normalized spacial score (nSPS) is 17.9. The molecule has 2 aromatic rings. The predicted octanol–water partition coefficient (Wildman–Crippen LogP) is 4.01. The first-order valence-electron chi connectivity index (χ1n) is 13.5. The van der Waals surface area contributed by atoms with Crippen LogP contribution in [0.2, 0.25) is 0 Å². The first-order chi connectivity index (χ1) is 19.8. The summed E-state index contributed by atoms with van der Waals surface area (Å²) in [4.78, 5) is 47.5. The summed E-state index contributed by atoms with van der Waals surface area (Å²) in [5, 5.41) is 5.86. The third-order valence-corrected chi connectivity index (χ3v) is 6.73. The lowest BCUT2D eigenvalue weighted by Gasteiger charge is -2.40. The summed E-state index contributed by atoms with van der Waals surface area (Å²) in [6.45, 7) is 11.6. The first-order valence-corrected chi connectivity index (χ1v) is 13.5. The number of nitrogens with one attached hydrogen (secondary N) is 1. The second kappa shape index (κ2) is 19.8. The molecule has 0 aliphatic carbocycles. The van der Waals surface area contributed by atoms with E-state index < -0.39 is 23.3 Å². The number of esters is 2. The summed E-state index contributed by atoms with van der Waals surface area (Å²) in [7, 11) is 2.58. The summed E-state index contributed by atoms with van der Waals surface area (Å²) in [5.74, 6) is -2.02. The number of Topliss-reactive ketones (excluding diaryl/α,β-unsaturated/α-hetero) is 1. The van der Waals surface area contributed by atoms with Crippen LogP contribution in [0.3, 0.4) is 0 Å². The number of hydrogen-bond donors (Lipinski definition) is 3. The molecule has 0 bridgehead atoms. The fraction of sp³-hybridized carbons (Fsp3) is 0.406. The minimum absolute atomic E-state index is 0.0270. The van der Waals surface area contributed by atoms with E-state index in [2.05, 4.69) is 41.0 Å². The number of piperidine rings is 1. The van der Waals surface area contributed by atoms with E-state index >= 15 is 0 Å². The number of ether oxygens (including phenoxy) is 2. The molecule has 0 spiro atoms. The van der Waals surface area contributed by atoms with Gasteiger partial charge in [0.25, 0.3) is 0 Å². The van der Waals surface area contributed by atoms with Crippen LogP contribution in [0, 0.1) is 16.7 Å². The number of likely N-dealkylation sites (tertiary alicyclic amines) is 1. The summed E-state index contributed by atoms with van der Waals surface area (Å²) < 4.78 is 9.14. The molecule has 0 amide bonds. The molecular weight excluding hydrogens is 536 g/mol. The number of rotatable bonds is 7. The molecule has 5 N–H and O–H groups in total. The highest BCUT2D eigenvalue weighted by Crippen LogP contribution is 2.32. The van der Waals surface area contributed by atoms with Gasteiger partial charge in [0.1, 0.15) is 11.3 Å². The van der Waals surface area contributed by atoms with E-state index in [0.29, 0.717) is 19.5 Å².